The molecule has 30 heavy (non-hydrogen) atoms. The maximum absolute atomic E-state index is 12.8. The van der Waals surface area contributed by atoms with Gasteiger partial charge in [-0.3, -0.25) is 9.59 Å². The Morgan fingerprint density at radius 3 is 2.60 bits per heavy atom. The highest BCUT2D eigenvalue weighted by molar-refractivity contribution is 6.07. The summed E-state index contributed by atoms with van der Waals surface area (Å²) >= 11 is 0. The van der Waals surface area contributed by atoms with Crippen LogP contribution in [-0.2, 0) is 4.79 Å². The number of H-pyrrole nitrogens is 1. The number of fused-ring (bicyclic) bond motifs is 1. The summed E-state index contributed by atoms with van der Waals surface area (Å²) in [6.07, 6.45) is -1.37. The van der Waals surface area contributed by atoms with E-state index in [0.717, 1.165) is 5.69 Å². The molecule has 1 fully saturated rings. The second kappa shape index (κ2) is 8.10. The molecule has 7 nitrogen and oxygen atoms in total. The molecule has 0 bridgehead atoms. The van der Waals surface area contributed by atoms with E-state index in [4.69, 9.17) is 5.73 Å². The number of hydrogen-bond donors (Lipinski definition) is 3. The van der Waals surface area contributed by atoms with Crippen molar-refractivity contribution in [1.29, 1.82) is 0 Å². The van der Waals surface area contributed by atoms with Gasteiger partial charge in [-0.15, -0.1) is 0 Å². The van der Waals surface area contributed by atoms with E-state index in [1.165, 1.54) is 12.1 Å². The molecule has 3 aromatic rings. The van der Waals surface area contributed by atoms with Crippen molar-refractivity contribution in [2.45, 2.75) is 19.3 Å². The first-order valence-electron chi connectivity index (χ1n) is 9.65. The molecule has 1 saturated heterocycles. The number of imidazole rings is 1. The van der Waals surface area contributed by atoms with Crippen LogP contribution in [0.4, 0.5) is 20.2 Å². The van der Waals surface area contributed by atoms with Crippen LogP contribution in [0.5, 0.6) is 0 Å². The molecule has 2 aromatic carbocycles. The predicted molar refractivity (Wildman–Crippen MR) is 110 cm³/mol. The third kappa shape index (κ3) is 3.96. The molecule has 4 rings (SSSR count). The van der Waals surface area contributed by atoms with Gasteiger partial charge in [0, 0.05) is 24.6 Å². The number of rotatable bonds is 5. The van der Waals surface area contributed by atoms with E-state index >= 15 is 0 Å². The molecule has 1 aromatic heterocycles. The van der Waals surface area contributed by atoms with Gasteiger partial charge in [-0.2, -0.15) is 0 Å². The number of halogens is 2. The van der Waals surface area contributed by atoms with Gasteiger partial charge in [0.05, 0.1) is 22.4 Å². The molecule has 2 heterocycles. The lowest BCUT2D eigenvalue weighted by atomic mass is 9.96. The van der Waals surface area contributed by atoms with Crippen molar-refractivity contribution in [2.24, 2.45) is 11.7 Å². The standard InChI is InChI=1S/C21H21F2N5O2/c22-18(23)20-25-14-6-5-13(11-16(14)26-20)21(30)27-15-3-1-2-4-17(15)28-9-7-12(8-10-28)19(24)29/h1-6,11-12,18H,7-10H2,(H2,24,29)(H,25,26)(H,27,30). The van der Waals surface area contributed by atoms with Gasteiger partial charge < -0.3 is 20.9 Å². The third-order valence-electron chi connectivity index (χ3n) is 5.36. The Balaban J connectivity index is 1.53. The summed E-state index contributed by atoms with van der Waals surface area (Å²) in [5.74, 6) is -1.18. The number of anilines is 2. The summed E-state index contributed by atoms with van der Waals surface area (Å²) in [7, 11) is 0. The second-order valence-corrected chi connectivity index (χ2v) is 7.29. The molecular formula is C21H21F2N5O2. The Kier molecular flexibility index (Phi) is 5.35. The molecule has 0 spiro atoms. The SMILES string of the molecule is NC(=O)C1CCN(c2ccccc2NC(=O)c2ccc3nc(C(F)F)[nH]c3c2)CC1. The molecule has 156 valence electrons. The molecule has 0 saturated carbocycles. The quantitative estimate of drug-likeness (QED) is 0.596. The van der Waals surface area contributed by atoms with E-state index in [1.807, 2.05) is 18.2 Å². The zero-order chi connectivity index (χ0) is 21.3. The molecule has 2 amide bonds. The average Bonchev–Trinajstić information content (AvgIpc) is 3.18. The van der Waals surface area contributed by atoms with Crippen molar-refractivity contribution in [3.63, 3.8) is 0 Å². The van der Waals surface area contributed by atoms with Crippen LogP contribution < -0.4 is 16.0 Å². The second-order valence-electron chi connectivity index (χ2n) is 7.29. The maximum atomic E-state index is 12.8. The van der Waals surface area contributed by atoms with Crippen LogP contribution in [-0.4, -0.2) is 34.9 Å². The van der Waals surface area contributed by atoms with Gasteiger partial charge in [-0.05, 0) is 43.2 Å². The average molecular weight is 413 g/mol. The van der Waals surface area contributed by atoms with Crippen LogP contribution in [0.2, 0.25) is 0 Å². The van der Waals surface area contributed by atoms with Gasteiger partial charge in [-0.1, -0.05) is 12.1 Å². The number of aromatic nitrogens is 2. The summed E-state index contributed by atoms with van der Waals surface area (Å²) in [6.45, 7) is 1.33. The van der Waals surface area contributed by atoms with Crippen molar-refractivity contribution in [1.82, 2.24) is 9.97 Å². The van der Waals surface area contributed by atoms with Crippen molar-refractivity contribution >= 4 is 34.2 Å². The number of nitrogens with zero attached hydrogens (tertiary/aromatic N) is 2. The third-order valence-corrected chi connectivity index (χ3v) is 5.36. The molecule has 4 N–H and O–H groups in total. The van der Waals surface area contributed by atoms with E-state index in [2.05, 4.69) is 20.2 Å². The minimum atomic E-state index is -2.71. The monoisotopic (exact) mass is 413 g/mol. The molecule has 1 aliphatic heterocycles. The number of nitrogens with two attached hydrogens (primary N) is 1. The first-order valence-corrected chi connectivity index (χ1v) is 9.65. The molecule has 0 radical (unpaired) electrons. The Hall–Kier alpha value is -3.49. The number of amides is 2. The smallest absolute Gasteiger partial charge is 0.295 e. The number of carbonyl (C=O) groups excluding carboxylic acids is 2. The van der Waals surface area contributed by atoms with Crippen LogP contribution in [0.15, 0.2) is 42.5 Å². The molecule has 0 unspecified atom stereocenters. The number of aromatic amines is 1. The van der Waals surface area contributed by atoms with Crippen LogP contribution in [0.25, 0.3) is 11.0 Å². The molecule has 0 atom stereocenters. The van der Waals surface area contributed by atoms with Gasteiger partial charge in [0.25, 0.3) is 12.3 Å². The minimum Gasteiger partial charge on any atom is -0.370 e. The van der Waals surface area contributed by atoms with Crippen molar-refractivity contribution in [3.8, 4) is 0 Å². The predicted octanol–water partition coefficient (Wildman–Crippen LogP) is 3.45. The summed E-state index contributed by atoms with van der Waals surface area (Å²) in [5.41, 5.74) is 7.98. The zero-order valence-electron chi connectivity index (χ0n) is 16.1. The number of alkyl halides is 2. The fourth-order valence-corrected chi connectivity index (χ4v) is 3.73. The summed E-state index contributed by atoms with van der Waals surface area (Å²) in [6, 6.07) is 12.0. The van der Waals surface area contributed by atoms with Crippen LogP contribution in [0.3, 0.4) is 0 Å². The van der Waals surface area contributed by atoms with Crippen LogP contribution >= 0.6 is 0 Å². The molecular weight excluding hydrogens is 392 g/mol. The van der Waals surface area contributed by atoms with Crippen molar-refractivity contribution in [3.05, 3.63) is 53.9 Å². The van der Waals surface area contributed by atoms with Crippen molar-refractivity contribution < 1.29 is 18.4 Å². The van der Waals surface area contributed by atoms with Gasteiger partial charge in [-0.25, -0.2) is 13.8 Å². The van der Waals surface area contributed by atoms with E-state index in [0.29, 0.717) is 48.2 Å². The maximum Gasteiger partial charge on any atom is 0.295 e. The Morgan fingerprint density at radius 1 is 1.17 bits per heavy atom. The van der Waals surface area contributed by atoms with Gasteiger partial charge >= 0.3 is 0 Å². The molecule has 1 aliphatic rings. The summed E-state index contributed by atoms with van der Waals surface area (Å²) < 4.78 is 25.7. The zero-order valence-corrected chi connectivity index (χ0v) is 16.1. The first-order chi connectivity index (χ1) is 14.4. The van der Waals surface area contributed by atoms with Gasteiger partial charge in [0.1, 0.15) is 0 Å². The topological polar surface area (TPSA) is 104 Å². The first kappa shape index (κ1) is 19.8. The van der Waals surface area contributed by atoms with Crippen molar-refractivity contribution in [2.75, 3.05) is 23.3 Å². The number of para-hydroxylation sites is 2. The van der Waals surface area contributed by atoms with Gasteiger partial charge in [0.2, 0.25) is 5.91 Å². The highest BCUT2D eigenvalue weighted by Gasteiger charge is 2.24. The summed E-state index contributed by atoms with van der Waals surface area (Å²) in [4.78, 5) is 32.7. The Bertz CT molecular complexity index is 1090. The molecule has 9 heteroatoms. The lowest BCUT2D eigenvalue weighted by molar-refractivity contribution is -0.122. The van der Waals surface area contributed by atoms with Crippen LogP contribution in [0, 0.1) is 5.92 Å². The number of primary amides is 1. The fraction of sp³-hybridized carbons (Fsp3) is 0.286. The highest BCUT2D eigenvalue weighted by atomic mass is 19.3. The number of piperidine rings is 1. The Labute approximate surface area is 171 Å². The Morgan fingerprint density at radius 2 is 1.90 bits per heavy atom. The van der Waals surface area contributed by atoms with E-state index < -0.39 is 12.2 Å². The lowest BCUT2D eigenvalue weighted by Gasteiger charge is -2.33. The number of nitrogens with one attached hydrogen (secondary N) is 2. The van der Waals surface area contributed by atoms with E-state index in [-0.39, 0.29) is 17.7 Å². The number of carbonyl (C=O) groups is 2. The lowest BCUT2D eigenvalue weighted by Crippen LogP contribution is -2.38. The number of benzene rings is 2. The highest BCUT2D eigenvalue weighted by Crippen LogP contribution is 2.30. The number of hydrogen-bond acceptors (Lipinski definition) is 4. The van der Waals surface area contributed by atoms with E-state index in [1.54, 1.807) is 12.1 Å². The minimum absolute atomic E-state index is 0.123. The van der Waals surface area contributed by atoms with Crippen LogP contribution in [0.1, 0.15) is 35.4 Å². The molecule has 0 aliphatic carbocycles. The fourth-order valence-electron chi connectivity index (χ4n) is 3.73. The van der Waals surface area contributed by atoms with E-state index in [9.17, 15) is 18.4 Å². The summed E-state index contributed by atoms with van der Waals surface area (Å²) in [5, 5.41) is 2.90. The van der Waals surface area contributed by atoms with Gasteiger partial charge in [0.15, 0.2) is 5.82 Å². The largest absolute Gasteiger partial charge is 0.370 e. The normalized spacial score (nSPS) is 15.0.